The van der Waals surface area contributed by atoms with E-state index < -0.39 is 0 Å². The summed E-state index contributed by atoms with van der Waals surface area (Å²) in [5.74, 6) is 0.0759. The molecule has 2 atom stereocenters. The molecule has 2 fully saturated rings. The van der Waals surface area contributed by atoms with E-state index in [1.54, 1.807) is 18.3 Å². The molecule has 1 amide bonds. The van der Waals surface area contributed by atoms with Gasteiger partial charge in [-0.15, -0.1) is 0 Å². The lowest BCUT2D eigenvalue weighted by molar-refractivity contribution is 0.0151. The van der Waals surface area contributed by atoms with E-state index in [9.17, 15) is 4.79 Å². The number of pyridine rings is 1. The average molecular weight is 294 g/mol. The molecule has 0 bridgehead atoms. The van der Waals surface area contributed by atoms with Crippen molar-refractivity contribution in [2.75, 3.05) is 19.6 Å². The maximum atomic E-state index is 12.7. The number of rotatable bonds is 1. The first-order valence-electron chi connectivity index (χ1n) is 7.32. The third-order valence-corrected chi connectivity index (χ3v) is 4.63. The first-order valence-corrected chi connectivity index (χ1v) is 7.69. The fourth-order valence-electron chi connectivity index (χ4n) is 3.34. The monoisotopic (exact) mass is 293 g/mol. The topological polar surface area (TPSA) is 36.4 Å². The van der Waals surface area contributed by atoms with E-state index in [4.69, 9.17) is 11.6 Å². The number of hydrogen-bond donors (Lipinski definition) is 0. The molecule has 0 saturated carbocycles. The van der Waals surface area contributed by atoms with Gasteiger partial charge in [-0.25, -0.2) is 4.98 Å². The third kappa shape index (κ3) is 2.67. The summed E-state index contributed by atoms with van der Waals surface area (Å²) in [6.45, 7) is 5.12. The SMILES string of the molecule is CC1CN2CCCCC2CN1C(=O)c1ccnc(Cl)c1. The lowest BCUT2D eigenvalue weighted by atomic mass is 9.96. The number of carbonyl (C=O) groups is 1. The summed E-state index contributed by atoms with van der Waals surface area (Å²) in [5.41, 5.74) is 0.640. The highest BCUT2D eigenvalue weighted by Crippen LogP contribution is 2.25. The van der Waals surface area contributed by atoms with Crippen molar-refractivity contribution in [3.05, 3.63) is 29.0 Å². The zero-order valence-electron chi connectivity index (χ0n) is 11.8. The van der Waals surface area contributed by atoms with Crippen LogP contribution in [0.15, 0.2) is 18.3 Å². The van der Waals surface area contributed by atoms with Crippen LogP contribution in [0, 0.1) is 0 Å². The molecule has 0 N–H and O–H groups in total. The number of halogens is 1. The van der Waals surface area contributed by atoms with Crippen LogP contribution in [0.4, 0.5) is 0 Å². The third-order valence-electron chi connectivity index (χ3n) is 4.42. The predicted octanol–water partition coefficient (Wildman–Crippen LogP) is 2.43. The Balaban J connectivity index is 1.77. The normalized spacial score (nSPS) is 27.2. The van der Waals surface area contributed by atoms with E-state index in [2.05, 4.69) is 16.8 Å². The lowest BCUT2D eigenvalue weighted by Crippen LogP contribution is -2.60. The van der Waals surface area contributed by atoms with Crippen LogP contribution in [0.5, 0.6) is 0 Å². The molecular formula is C15H20ClN3O. The molecule has 0 aliphatic carbocycles. The van der Waals surface area contributed by atoms with Gasteiger partial charge >= 0.3 is 0 Å². The number of piperazine rings is 1. The fraction of sp³-hybridized carbons (Fsp3) is 0.600. The zero-order chi connectivity index (χ0) is 14.1. The van der Waals surface area contributed by atoms with Gasteiger partial charge in [-0.05, 0) is 38.4 Å². The molecule has 20 heavy (non-hydrogen) atoms. The minimum atomic E-state index is 0.0759. The number of fused-ring (bicyclic) bond motifs is 1. The Labute approximate surface area is 124 Å². The van der Waals surface area contributed by atoms with E-state index in [1.165, 1.54) is 25.8 Å². The van der Waals surface area contributed by atoms with Crippen LogP contribution in [-0.4, -0.2) is 52.4 Å². The van der Waals surface area contributed by atoms with Gasteiger partial charge in [-0.3, -0.25) is 9.69 Å². The standard InChI is InChI=1S/C15H20ClN3O/c1-11-9-18-7-3-2-4-13(18)10-19(11)15(20)12-5-6-17-14(16)8-12/h5-6,8,11,13H,2-4,7,9-10H2,1H3. The molecule has 0 radical (unpaired) electrons. The van der Waals surface area contributed by atoms with E-state index >= 15 is 0 Å². The van der Waals surface area contributed by atoms with Crippen LogP contribution in [-0.2, 0) is 0 Å². The van der Waals surface area contributed by atoms with Gasteiger partial charge < -0.3 is 4.90 Å². The molecule has 1 aromatic rings. The molecule has 0 aromatic carbocycles. The molecule has 108 valence electrons. The molecule has 3 heterocycles. The minimum absolute atomic E-state index is 0.0759. The van der Waals surface area contributed by atoms with Crippen molar-refractivity contribution >= 4 is 17.5 Å². The highest BCUT2D eigenvalue weighted by Gasteiger charge is 2.35. The Kier molecular flexibility index (Phi) is 3.94. The first kappa shape index (κ1) is 13.8. The van der Waals surface area contributed by atoms with Gasteiger partial charge in [0.15, 0.2) is 0 Å². The second-order valence-electron chi connectivity index (χ2n) is 5.82. The molecule has 2 unspecified atom stereocenters. The number of amides is 1. The summed E-state index contributed by atoms with van der Waals surface area (Å²) in [6, 6.07) is 4.18. The fourth-order valence-corrected chi connectivity index (χ4v) is 3.51. The van der Waals surface area contributed by atoms with Gasteiger partial charge in [0.25, 0.3) is 5.91 Å². The second kappa shape index (κ2) is 5.70. The number of aromatic nitrogens is 1. The van der Waals surface area contributed by atoms with Gasteiger partial charge in [-0.2, -0.15) is 0 Å². The Morgan fingerprint density at radius 1 is 1.40 bits per heavy atom. The number of carbonyl (C=O) groups excluding carboxylic acids is 1. The highest BCUT2D eigenvalue weighted by atomic mass is 35.5. The van der Waals surface area contributed by atoms with E-state index in [1.807, 2.05) is 4.90 Å². The largest absolute Gasteiger partial charge is 0.333 e. The summed E-state index contributed by atoms with van der Waals surface area (Å²) in [7, 11) is 0. The first-order chi connectivity index (χ1) is 9.65. The molecule has 1 aromatic heterocycles. The Morgan fingerprint density at radius 2 is 2.25 bits per heavy atom. The van der Waals surface area contributed by atoms with Crippen LogP contribution < -0.4 is 0 Å². The van der Waals surface area contributed by atoms with Gasteiger partial charge in [0.05, 0.1) is 0 Å². The molecule has 4 nitrogen and oxygen atoms in total. The van der Waals surface area contributed by atoms with Gasteiger partial charge in [0.2, 0.25) is 0 Å². The summed E-state index contributed by atoms with van der Waals surface area (Å²) < 4.78 is 0. The molecule has 5 heteroatoms. The van der Waals surface area contributed by atoms with Crippen molar-refractivity contribution in [1.82, 2.24) is 14.8 Å². The quantitative estimate of drug-likeness (QED) is 0.746. The van der Waals surface area contributed by atoms with Crippen LogP contribution in [0.3, 0.4) is 0 Å². The van der Waals surface area contributed by atoms with Crippen molar-refractivity contribution < 1.29 is 4.79 Å². The highest BCUT2D eigenvalue weighted by molar-refractivity contribution is 6.29. The Hall–Kier alpha value is -1.13. The summed E-state index contributed by atoms with van der Waals surface area (Å²) in [4.78, 5) is 21.1. The molecule has 2 saturated heterocycles. The molecule has 2 aliphatic rings. The number of nitrogens with zero attached hydrogens (tertiary/aromatic N) is 3. The summed E-state index contributed by atoms with van der Waals surface area (Å²) in [5, 5.41) is 0.375. The lowest BCUT2D eigenvalue weighted by Gasteiger charge is -2.47. The average Bonchev–Trinajstić information content (AvgIpc) is 2.46. The summed E-state index contributed by atoms with van der Waals surface area (Å²) >= 11 is 5.88. The van der Waals surface area contributed by atoms with Crippen LogP contribution >= 0.6 is 11.6 Å². The predicted molar refractivity (Wildman–Crippen MR) is 79.0 cm³/mol. The van der Waals surface area contributed by atoms with Crippen molar-refractivity contribution in [2.24, 2.45) is 0 Å². The number of hydrogen-bond acceptors (Lipinski definition) is 3. The molecular weight excluding hydrogens is 274 g/mol. The summed E-state index contributed by atoms with van der Waals surface area (Å²) in [6.07, 6.45) is 5.36. The van der Waals surface area contributed by atoms with Gasteiger partial charge in [-0.1, -0.05) is 18.0 Å². The van der Waals surface area contributed by atoms with Crippen molar-refractivity contribution in [3.63, 3.8) is 0 Å². The van der Waals surface area contributed by atoms with Crippen LogP contribution in [0.1, 0.15) is 36.5 Å². The van der Waals surface area contributed by atoms with Crippen molar-refractivity contribution in [2.45, 2.75) is 38.3 Å². The Morgan fingerprint density at radius 3 is 3.05 bits per heavy atom. The van der Waals surface area contributed by atoms with E-state index in [0.717, 1.165) is 13.1 Å². The smallest absolute Gasteiger partial charge is 0.254 e. The van der Waals surface area contributed by atoms with Crippen molar-refractivity contribution in [1.29, 1.82) is 0 Å². The number of piperidine rings is 1. The Bertz CT molecular complexity index is 508. The maximum Gasteiger partial charge on any atom is 0.254 e. The zero-order valence-corrected chi connectivity index (χ0v) is 12.5. The van der Waals surface area contributed by atoms with Crippen LogP contribution in [0.2, 0.25) is 5.15 Å². The maximum absolute atomic E-state index is 12.7. The van der Waals surface area contributed by atoms with Crippen molar-refractivity contribution in [3.8, 4) is 0 Å². The minimum Gasteiger partial charge on any atom is -0.333 e. The molecule has 3 rings (SSSR count). The molecule has 2 aliphatic heterocycles. The second-order valence-corrected chi connectivity index (χ2v) is 6.21. The van der Waals surface area contributed by atoms with Gasteiger partial charge in [0, 0.05) is 36.9 Å². The van der Waals surface area contributed by atoms with E-state index in [0.29, 0.717) is 16.8 Å². The van der Waals surface area contributed by atoms with Crippen LogP contribution in [0.25, 0.3) is 0 Å². The van der Waals surface area contributed by atoms with E-state index in [-0.39, 0.29) is 11.9 Å². The molecule has 0 spiro atoms. The van der Waals surface area contributed by atoms with Gasteiger partial charge in [0.1, 0.15) is 5.15 Å².